The van der Waals surface area contributed by atoms with E-state index < -0.39 is 0 Å². The van der Waals surface area contributed by atoms with E-state index in [1.807, 2.05) is 57.2 Å². The quantitative estimate of drug-likeness (QED) is 0.339. The van der Waals surface area contributed by atoms with Gasteiger partial charge in [0.05, 0.1) is 0 Å². The number of hydrazine groups is 1. The van der Waals surface area contributed by atoms with Crippen LogP contribution in [0.5, 0.6) is 0 Å². The lowest BCUT2D eigenvalue weighted by molar-refractivity contribution is 0.460. The molecular weight excluding hydrogens is 396 g/mol. The van der Waals surface area contributed by atoms with Gasteiger partial charge in [-0.05, 0) is 38.3 Å². The fourth-order valence-electron chi connectivity index (χ4n) is 3.00. The number of hydrogen-bond donors (Lipinski definition) is 2. The molecule has 2 rings (SSSR count). The highest BCUT2D eigenvalue weighted by Crippen LogP contribution is 2.20. The highest BCUT2D eigenvalue weighted by atomic mass is 15.4. The van der Waals surface area contributed by atoms with E-state index in [9.17, 15) is 0 Å². The molecular formula is C26H42N6. The number of amidine groups is 1. The number of unbranched alkanes of at least 4 members (excludes halogenated alkanes) is 2. The molecule has 176 valence electrons. The van der Waals surface area contributed by atoms with Crippen LogP contribution in [-0.4, -0.2) is 35.4 Å². The number of nitrogens with one attached hydrogen (secondary N) is 2. The van der Waals surface area contributed by atoms with Crippen molar-refractivity contribution in [3.8, 4) is 0 Å². The van der Waals surface area contributed by atoms with Crippen LogP contribution in [0.25, 0.3) is 6.08 Å². The van der Waals surface area contributed by atoms with Crippen molar-refractivity contribution in [2.24, 2.45) is 4.99 Å². The number of aromatic nitrogens is 2. The number of aliphatic imine (C=N–C) groups is 1. The molecule has 2 heterocycles. The van der Waals surface area contributed by atoms with E-state index in [-0.39, 0.29) is 0 Å². The van der Waals surface area contributed by atoms with E-state index in [1.165, 1.54) is 12.8 Å². The second-order valence-corrected chi connectivity index (χ2v) is 7.56. The van der Waals surface area contributed by atoms with Crippen LogP contribution in [0.1, 0.15) is 72.5 Å². The summed E-state index contributed by atoms with van der Waals surface area (Å²) in [5.74, 6) is 3.12. The Morgan fingerprint density at radius 3 is 2.69 bits per heavy atom. The molecule has 1 aromatic heterocycles. The van der Waals surface area contributed by atoms with Crippen molar-refractivity contribution >= 4 is 23.5 Å². The van der Waals surface area contributed by atoms with Gasteiger partial charge in [0, 0.05) is 32.1 Å². The standard InChI is InChI=1S/C24H36N6.C2H6/c1-6-9-11-17-30(5)24-18-23(26-22-15-13-19(4)28-29-22)25-21(27-24)16-14-20(8-3)12-10-7-2;1-2/h7-8,10,12,14,16,18-19,28H,2,6,9,11,13,15,17H2,1,3-5H3,(H,25,26,27,29);1-2H3/b12-10-,16-14+,20-8+;. The van der Waals surface area contributed by atoms with Gasteiger partial charge in [-0.3, -0.25) is 0 Å². The van der Waals surface area contributed by atoms with Gasteiger partial charge in [-0.1, -0.05) is 70.6 Å². The highest BCUT2D eigenvalue weighted by molar-refractivity contribution is 5.84. The van der Waals surface area contributed by atoms with E-state index in [2.05, 4.69) is 48.2 Å². The van der Waals surface area contributed by atoms with Crippen molar-refractivity contribution in [2.75, 3.05) is 18.5 Å². The minimum Gasteiger partial charge on any atom is -0.359 e. The molecule has 32 heavy (non-hydrogen) atoms. The van der Waals surface area contributed by atoms with Crippen LogP contribution in [0, 0.1) is 0 Å². The predicted molar refractivity (Wildman–Crippen MR) is 140 cm³/mol. The molecule has 1 saturated heterocycles. The number of allylic oxidation sites excluding steroid dienone is 6. The van der Waals surface area contributed by atoms with Crippen molar-refractivity contribution < 1.29 is 0 Å². The number of nitrogens with zero attached hydrogens (tertiary/aromatic N) is 4. The molecule has 1 aliphatic heterocycles. The van der Waals surface area contributed by atoms with E-state index in [1.54, 1.807) is 6.08 Å². The lowest BCUT2D eigenvalue weighted by atomic mass is 10.1. The summed E-state index contributed by atoms with van der Waals surface area (Å²) in [4.78, 5) is 16.3. The van der Waals surface area contributed by atoms with E-state index in [0.29, 0.717) is 17.7 Å². The maximum absolute atomic E-state index is 4.75. The SMILES string of the molecule is C=C\C=C/C(/C=C/c1nc(/N=C2\CCC(C)NN2)cc(N(C)CCCCC)n1)=C\C.CC. The first kappa shape index (κ1) is 27.3. The Bertz CT molecular complexity index is 797. The molecule has 1 unspecified atom stereocenters. The van der Waals surface area contributed by atoms with Gasteiger partial charge in [0.1, 0.15) is 11.7 Å². The lowest BCUT2D eigenvalue weighted by Crippen LogP contribution is -2.47. The summed E-state index contributed by atoms with van der Waals surface area (Å²) >= 11 is 0. The summed E-state index contributed by atoms with van der Waals surface area (Å²) in [7, 11) is 2.08. The Kier molecular flexibility index (Phi) is 13.6. The largest absolute Gasteiger partial charge is 0.359 e. The molecule has 0 radical (unpaired) electrons. The summed E-state index contributed by atoms with van der Waals surface area (Å²) in [6.45, 7) is 15.1. The zero-order valence-corrected chi connectivity index (χ0v) is 20.9. The number of rotatable bonds is 10. The maximum atomic E-state index is 4.75. The van der Waals surface area contributed by atoms with Crippen LogP contribution in [0.3, 0.4) is 0 Å². The van der Waals surface area contributed by atoms with Gasteiger partial charge in [0.15, 0.2) is 11.6 Å². The minimum atomic E-state index is 0.441. The summed E-state index contributed by atoms with van der Waals surface area (Å²) in [5, 5.41) is 0. The Morgan fingerprint density at radius 1 is 1.28 bits per heavy atom. The van der Waals surface area contributed by atoms with Crippen LogP contribution in [-0.2, 0) is 0 Å². The minimum absolute atomic E-state index is 0.441. The smallest absolute Gasteiger partial charge is 0.160 e. The zero-order chi connectivity index (χ0) is 23.8. The second-order valence-electron chi connectivity index (χ2n) is 7.56. The molecule has 6 nitrogen and oxygen atoms in total. The molecule has 2 N–H and O–H groups in total. The van der Waals surface area contributed by atoms with Gasteiger partial charge in [-0.15, -0.1) is 0 Å². The van der Waals surface area contributed by atoms with E-state index in [4.69, 9.17) is 9.98 Å². The summed E-state index contributed by atoms with van der Waals surface area (Å²) in [5.41, 5.74) is 7.49. The average Bonchev–Trinajstić information content (AvgIpc) is 2.82. The van der Waals surface area contributed by atoms with E-state index in [0.717, 1.165) is 43.0 Å². The fourth-order valence-corrected chi connectivity index (χ4v) is 3.00. The lowest BCUT2D eigenvalue weighted by Gasteiger charge is -2.23. The first-order chi connectivity index (χ1) is 15.5. The zero-order valence-electron chi connectivity index (χ0n) is 20.9. The van der Waals surface area contributed by atoms with Crippen molar-refractivity contribution in [3.63, 3.8) is 0 Å². The molecule has 0 bridgehead atoms. The third-order valence-electron chi connectivity index (χ3n) is 4.91. The monoisotopic (exact) mass is 438 g/mol. The van der Waals surface area contributed by atoms with Crippen molar-refractivity contribution in [1.82, 2.24) is 20.8 Å². The number of hydrogen-bond acceptors (Lipinski definition) is 5. The second kappa shape index (κ2) is 16.0. The van der Waals surface area contributed by atoms with Crippen molar-refractivity contribution in [3.05, 3.63) is 54.4 Å². The first-order valence-corrected chi connectivity index (χ1v) is 11.9. The fraction of sp³-hybridized carbons (Fsp3) is 0.500. The van der Waals surface area contributed by atoms with Gasteiger partial charge < -0.3 is 10.3 Å². The third kappa shape index (κ3) is 10.1. The van der Waals surface area contributed by atoms with E-state index >= 15 is 0 Å². The first-order valence-electron chi connectivity index (χ1n) is 11.9. The molecule has 1 fully saturated rings. The van der Waals surface area contributed by atoms with Crippen LogP contribution in [0.2, 0.25) is 0 Å². The number of anilines is 1. The molecule has 6 heteroatoms. The van der Waals surface area contributed by atoms with Gasteiger partial charge in [-0.2, -0.15) is 0 Å². The molecule has 0 aromatic carbocycles. The highest BCUT2D eigenvalue weighted by Gasteiger charge is 2.13. The Labute approximate surface area is 195 Å². The molecule has 0 saturated carbocycles. The molecule has 1 aromatic rings. The Morgan fingerprint density at radius 2 is 2.06 bits per heavy atom. The van der Waals surface area contributed by atoms with Crippen molar-refractivity contribution in [1.29, 1.82) is 0 Å². The molecule has 0 spiro atoms. The van der Waals surface area contributed by atoms with Crippen LogP contribution in [0.4, 0.5) is 11.6 Å². The van der Waals surface area contributed by atoms with Gasteiger partial charge in [-0.25, -0.2) is 20.4 Å². The summed E-state index contributed by atoms with van der Waals surface area (Å²) < 4.78 is 0. The molecule has 1 atom stereocenters. The molecule has 1 aliphatic rings. The van der Waals surface area contributed by atoms with Crippen LogP contribution < -0.4 is 15.8 Å². The van der Waals surface area contributed by atoms with Gasteiger partial charge in [0.25, 0.3) is 0 Å². The predicted octanol–water partition coefficient (Wildman–Crippen LogP) is 6.14. The van der Waals surface area contributed by atoms with Crippen LogP contribution in [0.15, 0.2) is 53.6 Å². The topological polar surface area (TPSA) is 65.4 Å². The summed E-state index contributed by atoms with van der Waals surface area (Å²) in [6.07, 6.45) is 17.2. The van der Waals surface area contributed by atoms with Gasteiger partial charge >= 0.3 is 0 Å². The molecule has 0 amide bonds. The molecule has 0 aliphatic carbocycles. The third-order valence-corrected chi connectivity index (χ3v) is 4.91. The Balaban J connectivity index is 0.00000249. The maximum Gasteiger partial charge on any atom is 0.160 e. The van der Waals surface area contributed by atoms with Crippen molar-refractivity contribution in [2.45, 2.75) is 72.8 Å². The summed E-state index contributed by atoms with van der Waals surface area (Å²) in [6, 6.07) is 2.40. The van der Waals surface area contributed by atoms with Gasteiger partial charge in [0.2, 0.25) is 0 Å². The normalized spacial score (nSPS) is 17.9. The van der Waals surface area contributed by atoms with Crippen LogP contribution >= 0.6 is 0 Å². The average molecular weight is 439 g/mol. The Hall–Kier alpha value is -2.73.